The summed E-state index contributed by atoms with van der Waals surface area (Å²) >= 11 is 0. The SMILES string of the molecule is CC(C)C(Nc1cncc(-n2cccn2)n1)C(=O)O. The third-order valence-electron chi connectivity index (χ3n) is 2.60. The number of hydrogen-bond donors (Lipinski definition) is 2. The molecular formula is C12H15N5O2. The van der Waals surface area contributed by atoms with Crippen LogP contribution in [-0.2, 0) is 4.79 Å². The topological polar surface area (TPSA) is 92.9 Å². The Morgan fingerprint density at radius 2 is 2.21 bits per heavy atom. The van der Waals surface area contributed by atoms with E-state index in [0.717, 1.165) is 0 Å². The highest BCUT2D eigenvalue weighted by Gasteiger charge is 2.21. The standard InChI is InChI=1S/C12H15N5O2/c1-8(2)11(12(18)19)16-9-6-13-7-10(15-9)17-5-3-4-14-17/h3-8,11H,1-2H3,(H,15,16)(H,18,19). The molecule has 1 unspecified atom stereocenters. The Hall–Kier alpha value is -2.44. The maximum absolute atomic E-state index is 11.1. The maximum atomic E-state index is 11.1. The van der Waals surface area contributed by atoms with Gasteiger partial charge in [-0.3, -0.25) is 4.98 Å². The van der Waals surface area contributed by atoms with E-state index >= 15 is 0 Å². The number of anilines is 1. The van der Waals surface area contributed by atoms with Crippen LogP contribution >= 0.6 is 0 Å². The van der Waals surface area contributed by atoms with E-state index in [1.54, 1.807) is 29.3 Å². The van der Waals surface area contributed by atoms with Crippen molar-refractivity contribution in [3.8, 4) is 5.82 Å². The molecule has 0 amide bonds. The number of hydrogen-bond acceptors (Lipinski definition) is 5. The molecule has 0 aliphatic heterocycles. The molecule has 0 spiro atoms. The van der Waals surface area contributed by atoms with Crippen molar-refractivity contribution in [2.75, 3.05) is 5.32 Å². The van der Waals surface area contributed by atoms with E-state index in [1.165, 1.54) is 6.20 Å². The van der Waals surface area contributed by atoms with E-state index in [4.69, 9.17) is 5.11 Å². The van der Waals surface area contributed by atoms with Crippen molar-refractivity contribution in [2.24, 2.45) is 5.92 Å². The summed E-state index contributed by atoms with van der Waals surface area (Å²) in [6, 6.07) is 1.07. The third-order valence-corrected chi connectivity index (χ3v) is 2.60. The molecule has 19 heavy (non-hydrogen) atoms. The monoisotopic (exact) mass is 261 g/mol. The fourth-order valence-electron chi connectivity index (χ4n) is 1.61. The second-order valence-electron chi connectivity index (χ2n) is 4.42. The Labute approximate surface area is 110 Å². The van der Waals surface area contributed by atoms with Gasteiger partial charge in [-0.1, -0.05) is 13.8 Å². The van der Waals surface area contributed by atoms with Gasteiger partial charge < -0.3 is 10.4 Å². The number of nitrogens with zero attached hydrogens (tertiary/aromatic N) is 4. The van der Waals surface area contributed by atoms with Crippen molar-refractivity contribution in [2.45, 2.75) is 19.9 Å². The molecule has 2 aromatic rings. The van der Waals surface area contributed by atoms with Crippen molar-refractivity contribution in [3.63, 3.8) is 0 Å². The summed E-state index contributed by atoms with van der Waals surface area (Å²) in [7, 11) is 0. The molecule has 0 fully saturated rings. The summed E-state index contributed by atoms with van der Waals surface area (Å²) in [5.41, 5.74) is 0. The summed E-state index contributed by atoms with van der Waals surface area (Å²) in [5.74, 6) is -0.0362. The molecule has 0 aromatic carbocycles. The zero-order valence-electron chi connectivity index (χ0n) is 10.7. The summed E-state index contributed by atoms with van der Waals surface area (Å²) in [6.07, 6.45) is 6.43. The second kappa shape index (κ2) is 5.47. The highest BCUT2D eigenvalue weighted by Crippen LogP contribution is 2.11. The van der Waals surface area contributed by atoms with Crippen molar-refractivity contribution >= 4 is 11.8 Å². The molecule has 0 saturated heterocycles. The molecule has 0 bridgehead atoms. The van der Waals surface area contributed by atoms with Crippen molar-refractivity contribution < 1.29 is 9.90 Å². The molecule has 0 saturated carbocycles. The van der Waals surface area contributed by atoms with E-state index in [-0.39, 0.29) is 5.92 Å². The van der Waals surface area contributed by atoms with Crippen LogP contribution < -0.4 is 5.32 Å². The first-order valence-corrected chi connectivity index (χ1v) is 5.89. The number of carbonyl (C=O) groups is 1. The molecule has 0 radical (unpaired) electrons. The van der Waals surface area contributed by atoms with Gasteiger partial charge in [-0.25, -0.2) is 14.5 Å². The minimum absolute atomic E-state index is 0.0624. The van der Waals surface area contributed by atoms with Gasteiger partial charge in [0.1, 0.15) is 11.9 Å². The van der Waals surface area contributed by atoms with Gasteiger partial charge in [-0.2, -0.15) is 5.10 Å². The molecular weight excluding hydrogens is 246 g/mol. The number of aliphatic carboxylic acids is 1. The predicted molar refractivity (Wildman–Crippen MR) is 69.0 cm³/mol. The minimum Gasteiger partial charge on any atom is -0.480 e. The van der Waals surface area contributed by atoms with Gasteiger partial charge in [-0.15, -0.1) is 0 Å². The average Bonchev–Trinajstić information content (AvgIpc) is 2.89. The average molecular weight is 261 g/mol. The van der Waals surface area contributed by atoms with Crippen LogP contribution in [0.25, 0.3) is 5.82 Å². The first-order valence-electron chi connectivity index (χ1n) is 5.89. The van der Waals surface area contributed by atoms with E-state index in [2.05, 4.69) is 20.4 Å². The number of carboxylic acid groups (broad SMARTS) is 1. The van der Waals surface area contributed by atoms with Crippen molar-refractivity contribution in [1.82, 2.24) is 19.7 Å². The normalized spacial score (nSPS) is 12.4. The Morgan fingerprint density at radius 1 is 1.42 bits per heavy atom. The van der Waals surface area contributed by atoms with Crippen molar-refractivity contribution in [3.05, 3.63) is 30.9 Å². The van der Waals surface area contributed by atoms with Crippen LogP contribution in [0.5, 0.6) is 0 Å². The van der Waals surface area contributed by atoms with Crippen LogP contribution in [0.4, 0.5) is 5.82 Å². The lowest BCUT2D eigenvalue weighted by Gasteiger charge is -2.18. The molecule has 0 aliphatic rings. The molecule has 2 rings (SSSR count). The lowest BCUT2D eigenvalue weighted by molar-refractivity contribution is -0.138. The largest absolute Gasteiger partial charge is 0.480 e. The van der Waals surface area contributed by atoms with Gasteiger partial charge in [0.2, 0.25) is 0 Å². The second-order valence-corrected chi connectivity index (χ2v) is 4.42. The molecule has 100 valence electrons. The Morgan fingerprint density at radius 3 is 2.79 bits per heavy atom. The zero-order valence-corrected chi connectivity index (χ0v) is 10.7. The van der Waals surface area contributed by atoms with Crippen LogP contribution in [0.1, 0.15) is 13.8 Å². The van der Waals surface area contributed by atoms with Crippen LogP contribution in [0, 0.1) is 5.92 Å². The molecule has 7 nitrogen and oxygen atoms in total. The number of rotatable bonds is 5. The lowest BCUT2D eigenvalue weighted by atomic mass is 10.1. The highest BCUT2D eigenvalue weighted by atomic mass is 16.4. The van der Waals surface area contributed by atoms with E-state index < -0.39 is 12.0 Å². The summed E-state index contributed by atoms with van der Waals surface area (Å²) < 4.78 is 1.56. The van der Waals surface area contributed by atoms with Gasteiger partial charge in [-0.05, 0) is 12.0 Å². The van der Waals surface area contributed by atoms with Crippen LogP contribution in [-0.4, -0.2) is 36.9 Å². The number of carboxylic acids is 1. The van der Waals surface area contributed by atoms with Gasteiger partial charge >= 0.3 is 5.97 Å². The summed E-state index contributed by atoms with van der Waals surface area (Å²) in [5, 5.41) is 16.0. The molecule has 2 heterocycles. The van der Waals surface area contributed by atoms with E-state index in [1.807, 2.05) is 13.8 Å². The fourth-order valence-corrected chi connectivity index (χ4v) is 1.61. The lowest BCUT2D eigenvalue weighted by Crippen LogP contribution is -2.34. The quantitative estimate of drug-likeness (QED) is 0.839. The van der Waals surface area contributed by atoms with Crippen LogP contribution in [0.2, 0.25) is 0 Å². The Bertz CT molecular complexity index is 553. The summed E-state index contributed by atoms with van der Waals surface area (Å²) in [4.78, 5) is 19.4. The number of aromatic nitrogens is 4. The molecule has 2 aromatic heterocycles. The first kappa shape index (κ1) is 13.0. The molecule has 1 atom stereocenters. The maximum Gasteiger partial charge on any atom is 0.326 e. The van der Waals surface area contributed by atoms with Gasteiger partial charge in [0.05, 0.1) is 12.4 Å². The van der Waals surface area contributed by atoms with Gasteiger partial charge in [0.25, 0.3) is 0 Å². The minimum atomic E-state index is -0.915. The Kier molecular flexibility index (Phi) is 3.74. The molecule has 7 heteroatoms. The van der Waals surface area contributed by atoms with Crippen LogP contribution in [0.15, 0.2) is 30.9 Å². The molecule has 2 N–H and O–H groups in total. The van der Waals surface area contributed by atoms with Crippen LogP contribution in [0.3, 0.4) is 0 Å². The summed E-state index contributed by atoms with van der Waals surface area (Å²) in [6.45, 7) is 3.66. The predicted octanol–water partition coefficient (Wildman–Crippen LogP) is 1.18. The van der Waals surface area contributed by atoms with E-state index in [9.17, 15) is 4.79 Å². The highest BCUT2D eigenvalue weighted by molar-refractivity contribution is 5.77. The van der Waals surface area contributed by atoms with Crippen molar-refractivity contribution in [1.29, 1.82) is 0 Å². The van der Waals surface area contributed by atoms with E-state index in [0.29, 0.717) is 11.6 Å². The van der Waals surface area contributed by atoms with Gasteiger partial charge in [0, 0.05) is 12.4 Å². The Balaban J connectivity index is 2.22. The van der Waals surface area contributed by atoms with Gasteiger partial charge in [0.15, 0.2) is 5.82 Å². The molecule has 0 aliphatic carbocycles. The zero-order chi connectivity index (χ0) is 13.8. The first-order chi connectivity index (χ1) is 9.08. The smallest absolute Gasteiger partial charge is 0.326 e. The fraction of sp³-hybridized carbons (Fsp3) is 0.333. The number of nitrogens with one attached hydrogen (secondary N) is 1. The third kappa shape index (κ3) is 3.06.